The van der Waals surface area contributed by atoms with E-state index >= 15 is 0 Å². The summed E-state index contributed by atoms with van der Waals surface area (Å²) in [5.41, 5.74) is 0.971. The lowest BCUT2D eigenvalue weighted by molar-refractivity contribution is 0.0531. The molecule has 0 aliphatic rings. The van der Waals surface area contributed by atoms with Crippen molar-refractivity contribution in [1.82, 2.24) is 9.97 Å². The van der Waals surface area contributed by atoms with Gasteiger partial charge in [0.2, 0.25) is 0 Å². The van der Waals surface area contributed by atoms with Gasteiger partial charge in [0.15, 0.2) is 0 Å². The second kappa shape index (κ2) is 7.61. The van der Waals surface area contributed by atoms with Crippen molar-refractivity contribution < 1.29 is 9.53 Å². The maximum atomic E-state index is 12.4. The van der Waals surface area contributed by atoms with Crippen LogP contribution in [0.1, 0.15) is 33.5 Å². The van der Waals surface area contributed by atoms with Crippen molar-refractivity contribution in [3.63, 3.8) is 0 Å². The van der Waals surface area contributed by atoms with E-state index in [0.717, 1.165) is 11.3 Å². The Kier molecular flexibility index (Phi) is 5.46. The lowest BCUT2D eigenvalue weighted by Gasteiger charge is -2.00. The second-order valence-corrected chi connectivity index (χ2v) is 7.17. The number of aromatic nitrogens is 2. The van der Waals surface area contributed by atoms with Gasteiger partial charge >= 0.3 is 5.97 Å². The first-order valence-corrected chi connectivity index (χ1v) is 9.32. The molecule has 2 aromatic heterocycles. The fraction of sp³-hybridized carbons (Fsp3) is 0.167. The summed E-state index contributed by atoms with van der Waals surface area (Å²) in [5.74, 6) is -0.0922. The van der Waals surface area contributed by atoms with E-state index in [2.05, 4.69) is 9.97 Å². The van der Waals surface area contributed by atoms with Gasteiger partial charge in [-0.3, -0.25) is 4.79 Å². The van der Waals surface area contributed by atoms with Crippen LogP contribution in [-0.4, -0.2) is 22.5 Å². The van der Waals surface area contributed by atoms with E-state index in [-0.39, 0.29) is 12.2 Å². The van der Waals surface area contributed by atoms with Gasteiger partial charge in [0.25, 0.3) is 5.56 Å². The molecule has 5 nitrogen and oxygen atoms in total. The van der Waals surface area contributed by atoms with Gasteiger partial charge in [0.1, 0.15) is 15.5 Å². The second-order valence-electron chi connectivity index (χ2n) is 5.38. The molecule has 0 aliphatic heterocycles. The van der Waals surface area contributed by atoms with Crippen LogP contribution in [0.25, 0.3) is 22.4 Å². The highest BCUT2D eigenvalue weighted by Gasteiger charge is 2.19. The molecule has 2 heterocycles. The smallest absolute Gasteiger partial charge is 0.348 e. The van der Waals surface area contributed by atoms with Crippen LogP contribution < -0.4 is 5.56 Å². The summed E-state index contributed by atoms with van der Waals surface area (Å²) < 4.78 is 5.03. The van der Waals surface area contributed by atoms with Gasteiger partial charge in [-0.2, -0.15) is 0 Å². The summed E-state index contributed by atoms with van der Waals surface area (Å²) in [5, 5.41) is 1.26. The number of benzene rings is 1. The Hall–Kier alpha value is -2.15. The molecule has 3 aromatic rings. The SMILES string of the molecule is CCOC(=O)c1sc2nc(/C=C/c3cccc(Cl)c3Cl)[nH]c(=O)c2c1C. The largest absolute Gasteiger partial charge is 0.462 e. The molecule has 1 aromatic carbocycles. The van der Waals surface area contributed by atoms with Crippen LogP contribution in [0.5, 0.6) is 0 Å². The molecule has 0 aliphatic carbocycles. The number of esters is 1. The van der Waals surface area contributed by atoms with Crippen LogP contribution in [0, 0.1) is 6.92 Å². The Morgan fingerprint density at radius 3 is 2.85 bits per heavy atom. The molecule has 0 atom stereocenters. The van der Waals surface area contributed by atoms with Crippen LogP contribution in [0.2, 0.25) is 10.0 Å². The number of aryl methyl sites for hydroxylation is 1. The average molecular weight is 409 g/mol. The zero-order chi connectivity index (χ0) is 18.8. The predicted octanol–water partition coefficient (Wildman–Crippen LogP) is 4.95. The minimum atomic E-state index is -0.449. The third-order valence-electron chi connectivity index (χ3n) is 3.68. The summed E-state index contributed by atoms with van der Waals surface area (Å²) >= 11 is 13.3. The molecule has 0 radical (unpaired) electrons. The zero-order valence-corrected chi connectivity index (χ0v) is 16.3. The number of fused-ring (bicyclic) bond motifs is 1. The van der Waals surface area contributed by atoms with Crippen LogP contribution in [0.3, 0.4) is 0 Å². The van der Waals surface area contributed by atoms with Gasteiger partial charge in [-0.25, -0.2) is 9.78 Å². The number of nitrogens with zero attached hydrogens (tertiary/aromatic N) is 1. The number of ether oxygens (including phenoxy) is 1. The molecular formula is C18H14Cl2N2O3S. The maximum absolute atomic E-state index is 12.4. The monoisotopic (exact) mass is 408 g/mol. The highest BCUT2D eigenvalue weighted by molar-refractivity contribution is 7.20. The van der Waals surface area contributed by atoms with E-state index < -0.39 is 5.97 Å². The summed E-state index contributed by atoms with van der Waals surface area (Å²) in [6, 6.07) is 5.27. The lowest BCUT2D eigenvalue weighted by atomic mass is 10.2. The van der Waals surface area contributed by atoms with Gasteiger partial charge in [0.05, 0.1) is 22.0 Å². The molecule has 0 fully saturated rings. The summed E-state index contributed by atoms with van der Waals surface area (Å²) in [6.45, 7) is 3.71. The van der Waals surface area contributed by atoms with E-state index in [1.165, 1.54) is 0 Å². The standard InChI is InChI=1S/C18H14Cl2N2O3S/c1-3-25-18(24)15-9(2)13-16(23)21-12(22-17(13)26-15)8-7-10-5-4-6-11(19)14(10)20/h4-8H,3H2,1-2H3,(H,21,22,23)/b8-7+. The number of thiophene rings is 1. The molecule has 0 amide bonds. The average Bonchev–Trinajstić information content (AvgIpc) is 2.94. The Morgan fingerprint density at radius 1 is 1.35 bits per heavy atom. The Labute approximate surface area is 163 Å². The Bertz CT molecular complexity index is 1090. The maximum Gasteiger partial charge on any atom is 0.348 e. The van der Waals surface area contributed by atoms with Crippen molar-refractivity contribution in [1.29, 1.82) is 0 Å². The topological polar surface area (TPSA) is 72.0 Å². The molecule has 0 bridgehead atoms. The van der Waals surface area contributed by atoms with Gasteiger partial charge < -0.3 is 9.72 Å². The van der Waals surface area contributed by atoms with Crippen LogP contribution in [-0.2, 0) is 4.74 Å². The van der Waals surface area contributed by atoms with Gasteiger partial charge in [-0.05, 0) is 43.2 Å². The minimum absolute atomic E-state index is 0.269. The van der Waals surface area contributed by atoms with E-state index in [0.29, 0.717) is 42.1 Å². The molecule has 8 heteroatoms. The van der Waals surface area contributed by atoms with Gasteiger partial charge in [-0.1, -0.05) is 35.3 Å². The fourth-order valence-electron chi connectivity index (χ4n) is 2.45. The van der Waals surface area contributed by atoms with Crippen molar-refractivity contribution in [2.24, 2.45) is 0 Å². The van der Waals surface area contributed by atoms with E-state index in [4.69, 9.17) is 27.9 Å². The number of rotatable bonds is 4. The summed E-state index contributed by atoms with van der Waals surface area (Å²) in [6.07, 6.45) is 3.35. The number of aromatic amines is 1. The van der Waals surface area contributed by atoms with Crippen molar-refractivity contribution in [2.75, 3.05) is 6.61 Å². The van der Waals surface area contributed by atoms with Crippen molar-refractivity contribution in [2.45, 2.75) is 13.8 Å². The number of H-pyrrole nitrogens is 1. The molecule has 0 unspecified atom stereocenters. The molecule has 134 valence electrons. The van der Waals surface area contributed by atoms with Crippen LogP contribution in [0.15, 0.2) is 23.0 Å². The van der Waals surface area contributed by atoms with Gasteiger partial charge in [0, 0.05) is 0 Å². The lowest BCUT2D eigenvalue weighted by Crippen LogP contribution is -2.10. The molecular weight excluding hydrogens is 395 g/mol. The molecule has 0 spiro atoms. The van der Waals surface area contributed by atoms with Crippen molar-refractivity contribution in [3.8, 4) is 0 Å². The van der Waals surface area contributed by atoms with Crippen LogP contribution in [0.4, 0.5) is 0 Å². The quantitative estimate of drug-likeness (QED) is 0.619. The first-order chi connectivity index (χ1) is 12.4. The number of carbonyl (C=O) groups excluding carboxylic acids is 1. The van der Waals surface area contributed by atoms with Gasteiger partial charge in [-0.15, -0.1) is 11.3 Å². The highest BCUT2D eigenvalue weighted by atomic mass is 35.5. The number of nitrogens with one attached hydrogen (secondary N) is 1. The third-order valence-corrected chi connectivity index (χ3v) is 5.68. The third kappa shape index (κ3) is 3.53. The number of halogens is 2. The zero-order valence-electron chi connectivity index (χ0n) is 13.9. The van der Waals surface area contributed by atoms with E-state index in [1.54, 1.807) is 44.2 Å². The summed E-state index contributed by atoms with van der Waals surface area (Å²) in [7, 11) is 0. The number of carbonyl (C=O) groups is 1. The number of hydrogen-bond acceptors (Lipinski definition) is 5. The predicted molar refractivity (Wildman–Crippen MR) is 106 cm³/mol. The van der Waals surface area contributed by atoms with E-state index in [9.17, 15) is 9.59 Å². The number of hydrogen-bond donors (Lipinski definition) is 1. The molecule has 3 rings (SSSR count). The normalized spacial score (nSPS) is 11.4. The Balaban J connectivity index is 2.03. The first-order valence-electron chi connectivity index (χ1n) is 7.75. The molecule has 0 saturated carbocycles. The molecule has 26 heavy (non-hydrogen) atoms. The highest BCUT2D eigenvalue weighted by Crippen LogP contribution is 2.29. The van der Waals surface area contributed by atoms with E-state index in [1.807, 2.05) is 0 Å². The van der Waals surface area contributed by atoms with Crippen LogP contribution >= 0.6 is 34.5 Å². The molecule has 0 saturated heterocycles. The minimum Gasteiger partial charge on any atom is -0.462 e. The first kappa shape index (κ1) is 18.6. The summed E-state index contributed by atoms with van der Waals surface area (Å²) in [4.78, 5) is 32.4. The Morgan fingerprint density at radius 2 is 2.12 bits per heavy atom. The van der Waals surface area contributed by atoms with Crippen molar-refractivity contribution in [3.05, 3.63) is 60.4 Å². The fourth-order valence-corrected chi connectivity index (χ4v) is 3.90. The molecule has 1 N–H and O–H groups in total. The van der Waals surface area contributed by atoms with Crippen molar-refractivity contribution >= 4 is 62.9 Å².